The molecule has 1 heterocycles. The van der Waals surface area contributed by atoms with Gasteiger partial charge in [-0.3, -0.25) is 4.79 Å². The number of carbonyl (C=O) groups excluding carboxylic acids is 1. The molecule has 0 bridgehead atoms. The van der Waals surface area contributed by atoms with E-state index in [1.54, 1.807) is 0 Å². The lowest BCUT2D eigenvalue weighted by Gasteiger charge is -2.24. The standard InChI is InChI=1S/C17H28N2O/c20-17(14-3-1-2-4-14)19-10-9-15(11-19)18-16(12-5-6-12)13-7-8-13/h12-16,18H,1-11H2. The van der Waals surface area contributed by atoms with E-state index in [9.17, 15) is 4.79 Å². The molecule has 1 amide bonds. The maximum atomic E-state index is 12.5. The minimum atomic E-state index is 0.358. The Balaban J connectivity index is 1.29. The molecule has 1 atom stereocenters. The normalized spacial score (nSPS) is 31.4. The number of nitrogens with zero attached hydrogens (tertiary/aromatic N) is 1. The smallest absolute Gasteiger partial charge is 0.225 e. The van der Waals surface area contributed by atoms with Crippen LogP contribution in [0.3, 0.4) is 0 Å². The molecule has 4 rings (SSSR count). The van der Waals surface area contributed by atoms with Crippen molar-refractivity contribution in [3.05, 3.63) is 0 Å². The second-order valence-corrected chi connectivity index (χ2v) is 7.62. The summed E-state index contributed by atoms with van der Waals surface area (Å²) in [6, 6.07) is 1.35. The van der Waals surface area contributed by atoms with Gasteiger partial charge in [0.05, 0.1) is 0 Å². The quantitative estimate of drug-likeness (QED) is 0.837. The lowest BCUT2D eigenvalue weighted by Crippen LogP contribution is -2.43. The first-order valence-corrected chi connectivity index (χ1v) is 8.86. The Morgan fingerprint density at radius 3 is 2.20 bits per heavy atom. The number of likely N-dealkylation sites (tertiary alicyclic amines) is 1. The first-order chi connectivity index (χ1) is 9.81. The molecular formula is C17H28N2O. The number of nitrogens with one attached hydrogen (secondary N) is 1. The highest BCUT2D eigenvalue weighted by Gasteiger charge is 2.43. The molecule has 3 saturated carbocycles. The van der Waals surface area contributed by atoms with Gasteiger partial charge >= 0.3 is 0 Å². The summed E-state index contributed by atoms with van der Waals surface area (Å²) in [5.41, 5.74) is 0. The minimum Gasteiger partial charge on any atom is -0.341 e. The summed E-state index contributed by atoms with van der Waals surface area (Å²) in [6.45, 7) is 1.97. The maximum Gasteiger partial charge on any atom is 0.225 e. The van der Waals surface area contributed by atoms with Crippen LogP contribution in [0.25, 0.3) is 0 Å². The Kier molecular flexibility index (Phi) is 3.49. The number of hydrogen-bond donors (Lipinski definition) is 1. The van der Waals surface area contributed by atoms with Crippen molar-refractivity contribution in [2.75, 3.05) is 13.1 Å². The molecule has 0 radical (unpaired) electrons. The summed E-state index contributed by atoms with van der Waals surface area (Å²) >= 11 is 0. The van der Waals surface area contributed by atoms with Crippen LogP contribution in [-0.2, 0) is 4.79 Å². The second kappa shape index (κ2) is 5.32. The first-order valence-electron chi connectivity index (χ1n) is 8.86. The SMILES string of the molecule is O=C(C1CCCC1)N1CCC(NC(C2CC2)C2CC2)C1. The van der Waals surface area contributed by atoms with Crippen LogP contribution in [0.1, 0.15) is 57.8 Å². The van der Waals surface area contributed by atoms with E-state index >= 15 is 0 Å². The molecule has 4 aliphatic rings. The highest BCUT2D eigenvalue weighted by atomic mass is 16.2. The molecule has 1 aliphatic heterocycles. The van der Waals surface area contributed by atoms with Gasteiger partial charge < -0.3 is 10.2 Å². The van der Waals surface area contributed by atoms with Gasteiger partial charge in [-0.25, -0.2) is 0 Å². The van der Waals surface area contributed by atoms with Gasteiger partial charge in [0.15, 0.2) is 0 Å². The highest BCUT2D eigenvalue weighted by molar-refractivity contribution is 5.79. The lowest BCUT2D eigenvalue weighted by molar-refractivity contribution is -0.134. The van der Waals surface area contributed by atoms with Gasteiger partial charge in [0.25, 0.3) is 0 Å². The summed E-state index contributed by atoms with van der Waals surface area (Å²) in [5, 5.41) is 3.92. The van der Waals surface area contributed by atoms with Gasteiger partial charge in [-0.2, -0.15) is 0 Å². The van der Waals surface area contributed by atoms with E-state index < -0.39 is 0 Å². The molecule has 1 N–H and O–H groups in total. The van der Waals surface area contributed by atoms with Gasteiger partial charge in [-0.05, 0) is 56.8 Å². The van der Waals surface area contributed by atoms with Crippen molar-refractivity contribution >= 4 is 5.91 Å². The van der Waals surface area contributed by atoms with Gasteiger partial charge in [0, 0.05) is 31.1 Å². The molecule has 1 saturated heterocycles. The molecule has 0 aromatic rings. The second-order valence-electron chi connectivity index (χ2n) is 7.62. The van der Waals surface area contributed by atoms with Crippen molar-refractivity contribution in [2.24, 2.45) is 17.8 Å². The van der Waals surface area contributed by atoms with Crippen molar-refractivity contribution in [2.45, 2.75) is 69.9 Å². The third-order valence-electron chi connectivity index (χ3n) is 5.89. The molecule has 112 valence electrons. The first kappa shape index (κ1) is 13.1. The van der Waals surface area contributed by atoms with Crippen LogP contribution in [0.5, 0.6) is 0 Å². The number of amides is 1. The zero-order valence-electron chi connectivity index (χ0n) is 12.5. The molecule has 0 aromatic carbocycles. The van der Waals surface area contributed by atoms with Crippen LogP contribution in [0, 0.1) is 17.8 Å². The van der Waals surface area contributed by atoms with Crippen molar-refractivity contribution in [1.29, 1.82) is 0 Å². The number of hydrogen-bond acceptors (Lipinski definition) is 2. The van der Waals surface area contributed by atoms with E-state index in [1.165, 1.54) is 44.9 Å². The molecule has 4 fully saturated rings. The molecule has 3 heteroatoms. The largest absolute Gasteiger partial charge is 0.341 e. The summed E-state index contributed by atoms with van der Waals surface area (Å²) in [6.07, 6.45) is 11.7. The van der Waals surface area contributed by atoms with Gasteiger partial charge in [0.1, 0.15) is 0 Å². The fourth-order valence-electron chi connectivity index (χ4n) is 4.37. The van der Waals surface area contributed by atoms with Crippen LogP contribution in [0.4, 0.5) is 0 Å². The Bertz CT molecular complexity index is 357. The van der Waals surface area contributed by atoms with Crippen molar-refractivity contribution < 1.29 is 4.79 Å². The Morgan fingerprint density at radius 1 is 0.950 bits per heavy atom. The molecule has 3 aliphatic carbocycles. The fourth-order valence-corrected chi connectivity index (χ4v) is 4.37. The van der Waals surface area contributed by atoms with Crippen molar-refractivity contribution in [1.82, 2.24) is 10.2 Å². The van der Waals surface area contributed by atoms with E-state index in [1.807, 2.05) is 0 Å². The van der Waals surface area contributed by atoms with Crippen LogP contribution in [0.15, 0.2) is 0 Å². The van der Waals surface area contributed by atoms with Crippen LogP contribution in [-0.4, -0.2) is 36.0 Å². The summed E-state index contributed by atoms with van der Waals surface area (Å²) in [4.78, 5) is 14.6. The number of carbonyl (C=O) groups is 1. The van der Waals surface area contributed by atoms with E-state index in [0.29, 0.717) is 17.9 Å². The highest BCUT2D eigenvalue weighted by Crippen LogP contribution is 2.45. The molecular weight excluding hydrogens is 248 g/mol. The molecule has 0 spiro atoms. The predicted octanol–water partition coefficient (Wildman–Crippen LogP) is 2.56. The fraction of sp³-hybridized carbons (Fsp3) is 0.941. The average molecular weight is 276 g/mol. The summed E-state index contributed by atoms with van der Waals surface area (Å²) in [5.74, 6) is 2.74. The zero-order valence-corrected chi connectivity index (χ0v) is 12.5. The number of rotatable bonds is 5. The third kappa shape index (κ3) is 2.74. The van der Waals surface area contributed by atoms with Crippen LogP contribution >= 0.6 is 0 Å². The van der Waals surface area contributed by atoms with Crippen LogP contribution in [0.2, 0.25) is 0 Å². The average Bonchev–Trinajstić information content (AvgIpc) is 3.38. The minimum absolute atomic E-state index is 0.358. The Morgan fingerprint density at radius 2 is 1.60 bits per heavy atom. The van der Waals surface area contributed by atoms with E-state index in [-0.39, 0.29) is 0 Å². The van der Waals surface area contributed by atoms with Crippen LogP contribution < -0.4 is 5.32 Å². The Labute approximate surface area is 122 Å². The maximum absolute atomic E-state index is 12.5. The zero-order chi connectivity index (χ0) is 13.5. The van der Waals surface area contributed by atoms with E-state index in [4.69, 9.17) is 0 Å². The van der Waals surface area contributed by atoms with Gasteiger partial charge in [0.2, 0.25) is 5.91 Å². The summed E-state index contributed by atoms with van der Waals surface area (Å²) in [7, 11) is 0. The molecule has 20 heavy (non-hydrogen) atoms. The van der Waals surface area contributed by atoms with Gasteiger partial charge in [-0.15, -0.1) is 0 Å². The van der Waals surface area contributed by atoms with E-state index in [2.05, 4.69) is 10.2 Å². The topological polar surface area (TPSA) is 32.3 Å². The third-order valence-corrected chi connectivity index (χ3v) is 5.89. The summed E-state index contributed by atoms with van der Waals surface area (Å²) < 4.78 is 0. The Hall–Kier alpha value is -0.570. The monoisotopic (exact) mass is 276 g/mol. The van der Waals surface area contributed by atoms with Crippen molar-refractivity contribution in [3.63, 3.8) is 0 Å². The molecule has 0 aromatic heterocycles. The predicted molar refractivity (Wildman–Crippen MR) is 79.3 cm³/mol. The van der Waals surface area contributed by atoms with E-state index in [0.717, 1.165) is 43.8 Å². The van der Waals surface area contributed by atoms with Crippen molar-refractivity contribution in [3.8, 4) is 0 Å². The lowest BCUT2D eigenvalue weighted by atomic mass is 10.1. The molecule has 3 nitrogen and oxygen atoms in total. The van der Waals surface area contributed by atoms with Gasteiger partial charge in [-0.1, -0.05) is 12.8 Å². The molecule has 1 unspecified atom stereocenters.